The van der Waals surface area contributed by atoms with Gasteiger partial charge in [0.05, 0.1) is 13.2 Å². The van der Waals surface area contributed by atoms with Crippen molar-refractivity contribution in [1.29, 1.82) is 0 Å². The van der Waals surface area contributed by atoms with Gasteiger partial charge in [0.1, 0.15) is 10.5 Å². The van der Waals surface area contributed by atoms with Crippen LogP contribution in [0.4, 0.5) is 5.82 Å². The number of nitrogens with zero attached hydrogens (tertiary/aromatic N) is 4. The highest BCUT2D eigenvalue weighted by Crippen LogP contribution is 2.23. The number of H-pyrrole nitrogens is 1. The average Bonchev–Trinajstić information content (AvgIpc) is 3.11. The summed E-state index contributed by atoms with van der Waals surface area (Å²) in [5.74, 6) is 0.582. The van der Waals surface area contributed by atoms with Crippen LogP contribution >= 0.6 is 22.9 Å². The summed E-state index contributed by atoms with van der Waals surface area (Å²) in [6, 6.07) is 0.417. The highest BCUT2D eigenvalue weighted by atomic mass is 35.5. The molecule has 0 atom stereocenters. The predicted octanol–water partition coefficient (Wildman–Crippen LogP) is 2.86. The van der Waals surface area contributed by atoms with Crippen LogP contribution in [0, 0.1) is 0 Å². The summed E-state index contributed by atoms with van der Waals surface area (Å²) in [6.07, 6.45) is 2.66. The van der Waals surface area contributed by atoms with Crippen LogP contribution in [0.3, 0.4) is 0 Å². The number of rotatable bonds is 6. The van der Waals surface area contributed by atoms with Crippen molar-refractivity contribution in [1.82, 2.24) is 24.9 Å². The Bertz CT molecular complexity index is 729. The van der Waals surface area contributed by atoms with Crippen LogP contribution in [0.25, 0.3) is 11.2 Å². The Morgan fingerprint density at radius 2 is 2.29 bits per heavy atom. The number of nitrogens with one attached hydrogen (secondary N) is 2. The maximum atomic E-state index is 5.93. The van der Waals surface area contributed by atoms with E-state index in [-0.39, 0.29) is 5.28 Å². The monoisotopic (exact) mass is 324 g/mol. The maximum absolute atomic E-state index is 5.93. The van der Waals surface area contributed by atoms with Gasteiger partial charge in [-0.15, -0.1) is 11.3 Å². The zero-order chi connectivity index (χ0) is 14.7. The van der Waals surface area contributed by atoms with Gasteiger partial charge in [0, 0.05) is 11.6 Å². The van der Waals surface area contributed by atoms with Crippen LogP contribution in [0.5, 0.6) is 6.01 Å². The summed E-state index contributed by atoms with van der Waals surface area (Å²) in [7, 11) is 0. The standard InChI is InChI=1S/C12H13ClN6OS/c1-2-4-20-12-16-8-9(15-6-7-14-3-5-21-7)17-11(13)18-10(8)19-12/h3,5H,2,4,6H2,1H3,(H2,15,16,17,18,19). The number of aromatic amines is 1. The van der Waals surface area contributed by atoms with E-state index >= 15 is 0 Å². The van der Waals surface area contributed by atoms with Crippen molar-refractivity contribution in [3.8, 4) is 6.01 Å². The number of hydrogen-bond donors (Lipinski definition) is 2. The molecule has 3 aromatic rings. The smallest absolute Gasteiger partial charge is 0.296 e. The van der Waals surface area contributed by atoms with Crippen LogP contribution in [0.15, 0.2) is 11.6 Å². The van der Waals surface area contributed by atoms with E-state index in [2.05, 4.69) is 30.2 Å². The highest BCUT2D eigenvalue weighted by Gasteiger charge is 2.13. The number of ether oxygens (including phenoxy) is 1. The van der Waals surface area contributed by atoms with E-state index in [1.807, 2.05) is 12.3 Å². The third kappa shape index (κ3) is 3.22. The SMILES string of the molecule is CCCOc1nc2nc(Cl)nc(NCc3nccs3)c2[nH]1. The maximum Gasteiger partial charge on any atom is 0.296 e. The summed E-state index contributed by atoms with van der Waals surface area (Å²) in [5, 5.41) is 6.20. The van der Waals surface area contributed by atoms with Gasteiger partial charge in [-0.25, -0.2) is 4.98 Å². The number of aromatic nitrogens is 5. The number of hydrogen-bond acceptors (Lipinski definition) is 7. The van der Waals surface area contributed by atoms with Gasteiger partial charge in [0.15, 0.2) is 11.5 Å². The van der Waals surface area contributed by atoms with E-state index < -0.39 is 0 Å². The third-order valence-electron chi connectivity index (χ3n) is 2.64. The van der Waals surface area contributed by atoms with E-state index in [0.29, 0.717) is 36.1 Å². The molecule has 0 amide bonds. The lowest BCUT2D eigenvalue weighted by Gasteiger charge is -2.04. The molecule has 0 fully saturated rings. The van der Waals surface area contributed by atoms with Gasteiger partial charge in [-0.3, -0.25) is 0 Å². The van der Waals surface area contributed by atoms with Crippen LogP contribution in [0.1, 0.15) is 18.4 Å². The molecule has 3 rings (SSSR count). The summed E-state index contributed by atoms with van der Waals surface area (Å²) in [4.78, 5) is 19.8. The van der Waals surface area contributed by atoms with Gasteiger partial charge in [-0.2, -0.15) is 15.0 Å². The fraction of sp³-hybridized carbons (Fsp3) is 0.333. The predicted molar refractivity (Wildman–Crippen MR) is 81.9 cm³/mol. The van der Waals surface area contributed by atoms with Crippen molar-refractivity contribution in [2.75, 3.05) is 11.9 Å². The zero-order valence-corrected chi connectivity index (χ0v) is 12.8. The molecule has 3 heterocycles. The van der Waals surface area contributed by atoms with Crippen LogP contribution in [-0.2, 0) is 6.54 Å². The third-order valence-corrected chi connectivity index (χ3v) is 3.58. The molecule has 0 aliphatic rings. The van der Waals surface area contributed by atoms with E-state index in [1.54, 1.807) is 17.5 Å². The van der Waals surface area contributed by atoms with Gasteiger partial charge in [0.2, 0.25) is 5.28 Å². The Morgan fingerprint density at radius 1 is 1.38 bits per heavy atom. The second-order valence-electron chi connectivity index (χ2n) is 4.21. The first kappa shape index (κ1) is 14.0. The first-order valence-corrected chi connectivity index (χ1v) is 7.70. The minimum absolute atomic E-state index is 0.137. The van der Waals surface area contributed by atoms with Gasteiger partial charge in [0.25, 0.3) is 6.01 Å². The number of anilines is 1. The van der Waals surface area contributed by atoms with Crippen molar-refractivity contribution in [3.05, 3.63) is 21.9 Å². The molecule has 0 aliphatic heterocycles. The van der Waals surface area contributed by atoms with Gasteiger partial charge in [-0.1, -0.05) is 6.92 Å². The van der Waals surface area contributed by atoms with Crippen LogP contribution in [-0.4, -0.2) is 31.5 Å². The van der Waals surface area contributed by atoms with Gasteiger partial charge in [-0.05, 0) is 18.0 Å². The Kier molecular flexibility index (Phi) is 4.16. The molecule has 0 radical (unpaired) electrons. The lowest BCUT2D eigenvalue weighted by molar-refractivity contribution is 0.296. The minimum atomic E-state index is 0.137. The molecule has 0 aliphatic carbocycles. The second-order valence-corrected chi connectivity index (χ2v) is 5.53. The lowest BCUT2D eigenvalue weighted by atomic mass is 10.5. The second kappa shape index (κ2) is 6.23. The lowest BCUT2D eigenvalue weighted by Crippen LogP contribution is -2.02. The first-order valence-electron chi connectivity index (χ1n) is 6.44. The molecule has 0 spiro atoms. The summed E-state index contributed by atoms with van der Waals surface area (Å²) in [6.45, 7) is 3.17. The molecule has 9 heteroatoms. The topological polar surface area (TPSA) is 88.6 Å². The van der Waals surface area contributed by atoms with Crippen LogP contribution in [0.2, 0.25) is 5.28 Å². The van der Waals surface area contributed by atoms with Crippen molar-refractivity contribution in [2.24, 2.45) is 0 Å². The van der Waals surface area contributed by atoms with Crippen molar-refractivity contribution in [3.63, 3.8) is 0 Å². The number of halogens is 1. The van der Waals surface area contributed by atoms with E-state index in [1.165, 1.54) is 0 Å². The van der Waals surface area contributed by atoms with E-state index in [0.717, 1.165) is 11.4 Å². The van der Waals surface area contributed by atoms with E-state index in [4.69, 9.17) is 16.3 Å². The molecular formula is C12H13ClN6OS. The summed E-state index contributed by atoms with van der Waals surface area (Å²) in [5.41, 5.74) is 1.14. The largest absolute Gasteiger partial charge is 0.465 e. The molecule has 0 bridgehead atoms. The average molecular weight is 325 g/mol. The van der Waals surface area contributed by atoms with Crippen LogP contribution < -0.4 is 10.1 Å². The van der Waals surface area contributed by atoms with Gasteiger partial charge < -0.3 is 15.0 Å². The summed E-state index contributed by atoms with van der Waals surface area (Å²) < 4.78 is 5.47. The molecule has 0 unspecified atom stereocenters. The van der Waals surface area contributed by atoms with Crippen molar-refractivity contribution < 1.29 is 4.74 Å². The van der Waals surface area contributed by atoms with Crippen molar-refractivity contribution in [2.45, 2.75) is 19.9 Å². The van der Waals surface area contributed by atoms with E-state index in [9.17, 15) is 0 Å². The minimum Gasteiger partial charge on any atom is -0.465 e. The molecule has 7 nitrogen and oxygen atoms in total. The highest BCUT2D eigenvalue weighted by molar-refractivity contribution is 7.09. The normalized spacial score (nSPS) is 11.0. The fourth-order valence-electron chi connectivity index (χ4n) is 1.74. The zero-order valence-electron chi connectivity index (χ0n) is 11.3. The summed E-state index contributed by atoms with van der Waals surface area (Å²) >= 11 is 7.50. The Balaban J connectivity index is 1.87. The quantitative estimate of drug-likeness (QED) is 0.678. The Hall–Kier alpha value is -1.93. The number of thiazole rings is 1. The molecule has 0 saturated carbocycles. The molecule has 0 aromatic carbocycles. The Morgan fingerprint density at radius 3 is 3.05 bits per heavy atom. The number of imidazole rings is 1. The first-order chi connectivity index (χ1) is 10.3. The molecule has 2 N–H and O–H groups in total. The molecule has 3 aromatic heterocycles. The van der Waals surface area contributed by atoms with Crippen molar-refractivity contribution >= 4 is 39.9 Å². The fourth-order valence-corrected chi connectivity index (χ4v) is 2.46. The molecule has 0 saturated heterocycles. The van der Waals surface area contributed by atoms with Gasteiger partial charge >= 0.3 is 0 Å². The Labute approximate surface area is 129 Å². The molecule has 110 valence electrons. The molecule has 21 heavy (non-hydrogen) atoms. The number of fused-ring (bicyclic) bond motifs is 1. The molecular weight excluding hydrogens is 312 g/mol.